The summed E-state index contributed by atoms with van der Waals surface area (Å²) in [4.78, 5) is 15.5. The van der Waals surface area contributed by atoms with Gasteiger partial charge in [0.1, 0.15) is 0 Å². The van der Waals surface area contributed by atoms with Crippen molar-refractivity contribution in [1.82, 2.24) is 14.9 Å². The predicted octanol–water partition coefficient (Wildman–Crippen LogP) is 0.552. The number of aliphatic hydroxyl groups is 1. The summed E-state index contributed by atoms with van der Waals surface area (Å²) in [6.07, 6.45) is 8.78. The SMILES string of the molecule is O=C(CCn1ccnc1)NCC1(CCO)CC1. The largest absolute Gasteiger partial charge is 0.396 e. The maximum atomic E-state index is 11.6. The third-order valence-electron chi connectivity index (χ3n) is 3.42. The molecule has 1 heterocycles. The summed E-state index contributed by atoms with van der Waals surface area (Å²) in [5.74, 6) is 0.0721. The van der Waals surface area contributed by atoms with Gasteiger partial charge in [-0.15, -0.1) is 0 Å². The van der Waals surface area contributed by atoms with E-state index in [-0.39, 0.29) is 17.9 Å². The molecule has 2 rings (SSSR count). The first-order valence-electron chi connectivity index (χ1n) is 6.07. The highest BCUT2D eigenvalue weighted by Crippen LogP contribution is 2.47. The van der Waals surface area contributed by atoms with Crippen molar-refractivity contribution in [2.75, 3.05) is 13.2 Å². The van der Waals surface area contributed by atoms with Gasteiger partial charge in [0.25, 0.3) is 0 Å². The van der Waals surface area contributed by atoms with Crippen molar-refractivity contribution in [3.05, 3.63) is 18.7 Å². The molecule has 0 unspecified atom stereocenters. The van der Waals surface area contributed by atoms with E-state index < -0.39 is 0 Å². The van der Waals surface area contributed by atoms with Gasteiger partial charge >= 0.3 is 0 Å². The predicted molar refractivity (Wildman–Crippen MR) is 63.2 cm³/mol. The highest BCUT2D eigenvalue weighted by Gasteiger charge is 2.41. The number of imidazole rings is 1. The van der Waals surface area contributed by atoms with Gasteiger partial charge in [-0.25, -0.2) is 4.98 Å². The smallest absolute Gasteiger partial charge is 0.221 e. The molecule has 0 bridgehead atoms. The van der Waals surface area contributed by atoms with Crippen LogP contribution in [0.3, 0.4) is 0 Å². The molecule has 0 aromatic carbocycles. The number of amides is 1. The van der Waals surface area contributed by atoms with Crippen LogP contribution in [0.25, 0.3) is 0 Å². The van der Waals surface area contributed by atoms with Gasteiger partial charge in [-0.1, -0.05) is 0 Å². The highest BCUT2D eigenvalue weighted by atomic mass is 16.3. The van der Waals surface area contributed by atoms with E-state index in [1.54, 1.807) is 12.5 Å². The van der Waals surface area contributed by atoms with Crippen LogP contribution in [-0.4, -0.2) is 33.7 Å². The number of hydrogen-bond donors (Lipinski definition) is 2. The average Bonchev–Trinajstić information content (AvgIpc) is 2.90. The van der Waals surface area contributed by atoms with Crippen LogP contribution in [0, 0.1) is 5.41 Å². The topological polar surface area (TPSA) is 67.2 Å². The zero-order valence-corrected chi connectivity index (χ0v) is 9.93. The van der Waals surface area contributed by atoms with Crippen molar-refractivity contribution < 1.29 is 9.90 Å². The third kappa shape index (κ3) is 3.56. The molecule has 5 heteroatoms. The van der Waals surface area contributed by atoms with Crippen molar-refractivity contribution in [2.24, 2.45) is 5.41 Å². The summed E-state index contributed by atoms with van der Waals surface area (Å²) in [6, 6.07) is 0. The van der Waals surface area contributed by atoms with E-state index >= 15 is 0 Å². The average molecular weight is 237 g/mol. The van der Waals surface area contributed by atoms with Crippen LogP contribution >= 0.6 is 0 Å². The van der Waals surface area contributed by atoms with Crippen LogP contribution in [0.4, 0.5) is 0 Å². The van der Waals surface area contributed by atoms with Crippen LogP contribution in [0.5, 0.6) is 0 Å². The molecule has 0 saturated heterocycles. The minimum absolute atomic E-state index is 0.0721. The zero-order chi connectivity index (χ0) is 12.1. The first-order valence-corrected chi connectivity index (χ1v) is 6.07. The Morgan fingerprint density at radius 2 is 2.35 bits per heavy atom. The number of nitrogens with zero attached hydrogens (tertiary/aromatic N) is 2. The number of aromatic nitrogens is 2. The van der Waals surface area contributed by atoms with Crippen molar-refractivity contribution in [2.45, 2.75) is 32.2 Å². The van der Waals surface area contributed by atoms with E-state index in [0.717, 1.165) is 19.3 Å². The monoisotopic (exact) mass is 237 g/mol. The molecular formula is C12H19N3O2. The maximum Gasteiger partial charge on any atom is 0.221 e. The Morgan fingerprint density at radius 1 is 1.53 bits per heavy atom. The molecule has 0 aliphatic heterocycles. The number of nitrogens with one attached hydrogen (secondary N) is 1. The minimum Gasteiger partial charge on any atom is -0.396 e. The van der Waals surface area contributed by atoms with Crippen molar-refractivity contribution >= 4 is 5.91 Å². The molecule has 2 N–H and O–H groups in total. The van der Waals surface area contributed by atoms with E-state index in [9.17, 15) is 4.79 Å². The van der Waals surface area contributed by atoms with Crippen LogP contribution < -0.4 is 5.32 Å². The van der Waals surface area contributed by atoms with E-state index in [1.165, 1.54) is 0 Å². The second-order valence-corrected chi connectivity index (χ2v) is 4.80. The summed E-state index contributed by atoms with van der Waals surface area (Å²) < 4.78 is 1.89. The van der Waals surface area contributed by atoms with E-state index in [1.807, 2.05) is 10.8 Å². The molecule has 1 aliphatic carbocycles. The van der Waals surface area contributed by atoms with E-state index in [4.69, 9.17) is 5.11 Å². The lowest BCUT2D eigenvalue weighted by atomic mass is 10.0. The first kappa shape index (κ1) is 12.1. The van der Waals surface area contributed by atoms with Crippen LogP contribution in [0.1, 0.15) is 25.7 Å². The van der Waals surface area contributed by atoms with Crippen LogP contribution in [0.15, 0.2) is 18.7 Å². The fourth-order valence-corrected chi connectivity index (χ4v) is 1.95. The molecule has 0 atom stereocenters. The minimum atomic E-state index is 0.0721. The summed E-state index contributed by atoms with van der Waals surface area (Å²) in [6.45, 7) is 1.58. The van der Waals surface area contributed by atoms with Crippen molar-refractivity contribution in [3.8, 4) is 0 Å². The molecule has 1 aromatic rings. The van der Waals surface area contributed by atoms with Crippen molar-refractivity contribution in [1.29, 1.82) is 0 Å². The molecule has 1 amide bonds. The molecule has 17 heavy (non-hydrogen) atoms. The summed E-state index contributed by atoms with van der Waals surface area (Å²) in [7, 11) is 0. The lowest BCUT2D eigenvalue weighted by molar-refractivity contribution is -0.121. The Bertz CT molecular complexity index is 358. The Labute approximate surface area is 101 Å². The lowest BCUT2D eigenvalue weighted by Gasteiger charge is -2.14. The normalized spacial score (nSPS) is 16.8. The summed E-state index contributed by atoms with van der Waals surface area (Å²) in [5, 5.41) is 11.9. The van der Waals surface area contributed by atoms with Gasteiger partial charge in [-0.2, -0.15) is 0 Å². The Hall–Kier alpha value is -1.36. The second kappa shape index (κ2) is 5.31. The van der Waals surface area contributed by atoms with Crippen LogP contribution in [-0.2, 0) is 11.3 Å². The Kier molecular flexibility index (Phi) is 3.78. The highest BCUT2D eigenvalue weighted by molar-refractivity contribution is 5.75. The molecule has 0 spiro atoms. The van der Waals surface area contributed by atoms with E-state index in [2.05, 4.69) is 10.3 Å². The molecular weight excluding hydrogens is 218 g/mol. The standard InChI is InChI=1S/C12H19N3O2/c16-8-4-12(2-3-12)9-14-11(17)1-6-15-7-5-13-10-15/h5,7,10,16H,1-4,6,8-9H2,(H,14,17). The fourth-order valence-electron chi connectivity index (χ4n) is 1.95. The quantitative estimate of drug-likeness (QED) is 0.728. The van der Waals surface area contributed by atoms with Gasteiger partial charge in [-0.05, 0) is 24.7 Å². The number of aryl methyl sites for hydroxylation is 1. The van der Waals surface area contributed by atoms with Gasteiger partial charge in [0.2, 0.25) is 5.91 Å². The maximum absolute atomic E-state index is 11.6. The van der Waals surface area contributed by atoms with Crippen LogP contribution in [0.2, 0.25) is 0 Å². The molecule has 1 aromatic heterocycles. The van der Waals surface area contributed by atoms with Crippen molar-refractivity contribution in [3.63, 3.8) is 0 Å². The molecule has 5 nitrogen and oxygen atoms in total. The fraction of sp³-hybridized carbons (Fsp3) is 0.667. The molecule has 1 aliphatic rings. The second-order valence-electron chi connectivity index (χ2n) is 4.80. The third-order valence-corrected chi connectivity index (χ3v) is 3.42. The number of carbonyl (C=O) groups is 1. The van der Waals surface area contributed by atoms with Gasteiger partial charge in [-0.3, -0.25) is 4.79 Å². The molecule has 1 fully saturated rings. The Morgan fingerprint density at radius 3 is 2.94 bits per heavy atom. The van der Waals surface area contributed by atoms with Gasteiger partial charge < -0.3 is 15.0 Å². The molecule has 94 valence electrons. The first-order chi connectivity index (χ1) is 8.24. The lowest BCUT2D eigenvalue weighted by Crippen LogP contribution is -2.31. The summed E-state index contributed by atoms with van der Waals surface area (Å²) in [5.41, 5.74) is 0.194. The number of hydrogen-bond acceptors (Lipinski definition) is 3. The van der Waals surface area contributed by atoms with Gasteiger partial charge in [0.15, 0.2) is 0 Å². The Balaban J connectivity index is 1.64. The summed E-state index contributed by atoms with van der Waals surface area (Å²) >= 11 is 0. The number of aliphatic hydroxyl groups excluding tert-OH is 1. The van der Waals surface area contributed by atoms with E-state index in [0.29, 0.717) is 19.5 Å². The van der Waals surface area contributed by atoms with Gasteiger partial charge in [0.05, 0.1) is 6.33 Å². The molecule has 0 radical (unpaired) electrons. The molecule has 1 saturated carbocycles. The number of carbonyl (C=O) groups excluding carboxylic acids is 1. The number of rotatable bonds is 7. The van der Waals surface area contributed by atoms with Gasteiger partial charge in [0, 0.05) is 38.5 Å². The zero-order valence-electron chi connectivity index (χ0n) is 9.93.